The molecule has 7 heteroatoms. The summed E-state index contributed by atoms with van der Waals surface area (Å²) in [6, 6.07) is 7.10. The van der Waals surface area contributed by atoms with Crippen LogP contribution in [0.1, 0.15) is 27.6 Å². The number of carboxylic acid groups (broad SMARTS) is 2. The lowest BCUT2D eigenvalue weighted by Crippen LogP contribution is -2.14. The normalized spacial score (nSPS) is 10.2. The first kappa shape index (κ1) is 15.3. The Morgan fingerprint density at radius 1 is 1.09 bits per heavy atom. The van der Waals surface area contributed by atoms with Crippen molar-refractivity contribution in [2.24, 2.45) is 0 Å². The highest BCUT2D eigenvalue weighted by atomic mass is 16.5. The van der Waals surface area contributed by atoms with Gasteiger partial charge in [-0.3, -0.25) is 5.32 Å². The number of ether oxygens (including phenoxy) is 1. The first-order valence-corrected chi connectivity index (χ1v) is 6.41. The van der Waals surface area contributed by atoms with Crippen molar-refractivity contribution in [2.75, 3.05) is 11.9 Å². The lowest BCUT2D eigenvalue weighted by molar-refractivity contribution is 0.0695. The van der Waals surface area contributed by atoms with Crippen LogP contribution in [0.2, 0.25) is 0 Å². The number of benzene rings is 2. The number of hydrogen-bond acceptors (Lipinski definition) is 4. The van der Waals surface area contributed by atoms with Crippen molar-refractivity contribution in [3.63, 3.8) is 0 Å². The Morgan fingerprint density at radius 3 is 2.36 bits per heavy atom. The molecule has 0 aliphatic heterocycles. The summed E-state index contributed by atoms with van der Waals surface area (Å²) in [7, 11) is 0. The van der Waals surface area contributed by atoms with Gasteiger partial charge in [-0.2, -0.15) is 0 Å². The van der Waals surface area contributed by atoms with Gasteiger partial charge < -0.3 is 14.9 Å². The molecule has 0 spiro atoms. The minimum Gasteiger partial charge on any atom is -0.478 e. The molecule has 2 rings (SSSR count). The highest BCUT2D eigenvalue weighted by Gasteiger charge is 2.18. The third kappa shape index (κ3) is 2.98. The maximum atomic E-state index is 11.4. The van der Waals surface area contributed by atoms with Crippen molar-refractivity contribution in [2.45, 2.75) is 6.92 Å². The average molecular weight is 303 g/mol. The van der Waals surface area contributed by atoms with Crippen LogP contribution in [-0.4, -0.2) is 34.9 Å². The van der Waals surface area contributed by atoms with Crippen molar-refractivity contribution in [1.29, 1.82) is 0 Å². The van der Waals surface area contributed by atoms with Crippen molar-refractivity contribution in [1.82, 2.24) is 0 Å². The number of aromatic carboxylic acids is 2. The Hall–Kier alpha value is -3.09. The van der Waals surface area contributed by atoms with Crippen molar-refractivity contribution < 1.29 is 29.3 Å². The molecule has 22 heavy (non-hydrogen) atoms. The zero-order valence-corrected chi connectivity index (χ0v) is 11.6. The van der Waals surface area contributed by atoms with E-state index in [9.17, 15) is 24.6 Å². The van der Waals surface area contributed by atoms with E-state index in [2.05, 4.69) is 5.32 Å². The maximum Gasteiger partial charge on any atom is 0.411 e. The molecular formula is C15H13NO6. The van der Waals surface area contributed by atoms with Crippen LogP contribution in [-0.2, 0) is 4.74 Å². The molecule has 0 saturated carbocycles. The minimum absolute atomic E-state index is 0.108. The average Bonchev–Trinajstić information content (AvgIpc) is 2.45. The maximum absolute atomic E-state index is 11.4. The molecule has 7 nitrogen and oxygen atoms in total. The number of hydrogen-bond donors (Lipinski definition) is 3. The summed E-state index contributed by atoms with van der Waals surface area (Å²) < 4.78 is 4.73. The number of carbonyl (C=O) groups is 3. The van der Waals surface area contributed by atoms with E-state index >= 15 is 0 Å². The number of nitrogens with one attached hydrogen (secondary N) is 1. The molecule has 1 amide bonds. The largest absolute Gasteiger partial charge is 0.478 e. The van der Waals surface area contributed by atoms with Gasteiger partial charge >= 0.3 is 18.0 Å². The van der Waals surface area contributed by atoms with Crippen molar-refractivity contribution in [3.05, 3.63) is 41.5 Å². The summed E-state index contributed by atoms with van der Waals surface area (Å²) in [5.74, 6) is -2.51. The third-order valence-electron chi connectivity index (χ3n) is 2.96. The summed E-state index contributed by atoms with van der Waals surface area (Å²) in [5.41, 5.74) is -0.106. The van der Waals surface area contributed by atoms with Gasteiger partial charge in [0.25, 0.3) is 0 Å². The first-order chi connectivity index (χ1) is 10.4. The highest BCUT2D eigenvalue weighted by Crippen LogP contribution is 2.27. The summed E-state index contributed by atoms with van der Waals surface area (Å²) in [6.07, 6.45) is -0.715. The molecule has 3 N–H and O–H groups in total. The van der Waals surface area contributed by atoms with Gasteiger partial charge in [0.1, 0.15) is 0 Å². The lowest BCUT2D eigenvalue weighted by atomic mass is 9.98. The van der Waals surface area contributed by atoms with Gasteiger partial charge in [-0.1, -0.05) is 12.1 Å². The Morgan fingerprint density at radius 2 is 1.77 bits per heavy atom. The van der Waals surface area contributed by atoms with E-state index in [0.717, 1.165) is 0 Å². The van der Waals surface area contributed by atoms with Gasteiger partial charge in [0.05, 0.1) is 17.7 Å². The van der Waals surface area contributed by atoms with Crippen LogP contribution in [0.3, 0.4) is 0 Å². The quantitative estimate of drug-likeness (QED) is 0.800. The van der Waals surface area contributed by atoms with E-state index < -0.39 is 18.0 Å². The van der Waals surface area contributed by atoms with E-state index in [1.54, 1.807) is 13.0 Å². The third-order valence-corrected chi connectivity index (χ3v) is 2.96. The van der Waals surface area contributed by atoms with Crippen LogP contribution in [0.4, 0.5) is 10.5 Å². The predicted molar refractivity (Wildman–Crippen MR) is 78.5 cm³/mol. The summed E-state index contributed by atoms with van der Waals surface area (Å²) in [5, 5.41) is 21.4. The van der Waals surface area contributed by atoms with Crippen molar-refractivity contribution >= 4 is 34.5 Å². The molecular weight excluding hydrogens is 290 g/mol. The summed E-state index contributed by atoms with van der Waals surface area (Å²) in [4.78, 5) is 34.1. The molecule has 0 bridgehead atoms. The highest BCUT2D eigenvalue weighted by molar-refractivity contribution is 6.14. The Labute approximate surface area is 125 Å². The molecule has 0 unspecified atom stereocenters. The Bertz CT molecular complexity index is 768. The number of carbonyl (C=O) groups excluding carboxylic acids is 1. The molecule has 0 aliphatic rings. The number of amides is 1. The topological polar surface area (TPSA) is 113 Å². The van der Waals surface area contributed by atoms with Crippen molar-refractivity contribution in [3.8, 4) is 0 Å². The lowest BCUT2D eigenvalue weighted by Gasteiger charge is -2.11. The van der Waals surface area contributed by atoms with Crippen LogP contribution in [0, 0.1) is 0 Å². The van der Waals surface area contributed by atoms with Gasteiger partial charge in [0.15, 0.2) is 0 Å². The van der Waals surface area contributed by atoms with Crippen LogP contribution < -0.4 is 5.32 Å². The second-order valence-electron chi connectivity index (χ2n) is 4.38. The van der Waals surface area contributed by atoms with Crippen LogP contribution in [0.25, 0.3) is 10.8 Å². The van der Waals surface area contributed by atoms with Gasteiger partial charge in [-0.05, 0) is 30.5 Å². The molecule has 0 atom stereocenters. The summed E-state index contributed by atoms with van der Waals surface area (Å²) >= 11 is 0. The molecule has 0 radical (unpaired) electrons. The Balaban J connectivity index is 2.63. The van der Waals surface area contributed by atoms with Crippen LogP contribution >= 0.6 is 0 Å². The molecule has 2 aromatic carbocycles. The van der Waals surface area contributed by atoms with Crippen LogP contribution in [0.15, 0.2) is 30.3 Å². The van der Waals surface area contributed by atoms with E-state index in [-0.39, 0.29) is 28.8 Å². The minimum atomic E-state index is -1.29. The second-order valence-corrected chi connectivity index (χ2v) is 4.38. The van der Waals surface area contributed by atoms with Gasteiger partial charge in [-0.15, -0.1) is 0 Å². The number of anilines is 1. The van der Waals surface area contributed by atoms with E-state index in [4.69, 9.17) is 4.74 Å². The number of carboxylic acids is 2. The second kappa shape index (κ2) is 6.13. The molecule has 0 aromatic heterocycles. The molecule has 114 valence electrons. The van der Waals surface area contributed by atoms with Gasteiger partial charge in [0, 0.05) is 11.1 Å². The van der Waals surface area contributed by atoms with E-state index in [1.807, 2.05) is 0 Å². The molecule has 2 aromatic rings. The fourth-order valence-corrected chi connectivity index (χ4v) is 2.13. The van der Waals surface area contributed by atoms with Gasteiger partial charge in [0.2, 0.25) is 0 Å². The SMILES string of the molecule is CCOC(=O)Nc1cc(C(=O)O)c2c(C(=O)O)cccc2c1. The number of fused-ring (bicyclic) bond motifs is 1. The number of rotatable bonds is 4. The van der Waals surface area contributed by atoms with Crippen LogP contribution in [0.5, 0.6) is 0 Å². The van der Waals surface area contributed by atoms with Gasteiger partial charge in [-0.25, -0.2) is 14.4 Å². The summed E-state index contributed by atoms with van der Waals surface area (Å²) in [6.45, 7) is 1.82. The fraction of sp³-hybridized carbons (Fsp3) is 0.133. The Kier molecular flexibility index (Phi) is 4.26. The first-order valence-electron chi connectivity index (χ1n) is 6.41. The fourth-order valence-electron chi connectivity index (χ4n) is 2.13. The molecule has 0 fully saturated rings. The molecule has 0 aliphatic carbocycles. The van der Waals surface area contributed by atoms with E-state index in [1.165, 1.54) is 24.3 Å². The smallest absolute Gasteiger partial charge is 0.411 e. The molecule has 0 heterocycles. The molecule has 0 saturated heterocycles. The monoisotopic (exact) mass is 303 g/mol. The zero-order chi connectivity index (χ0) is 16.3. The zero-order valence-electron chi connectivity index (χ0n) is 11.6. The standard InChI is InChI=1S/C15H13NO6/c1-2-22-15(21)16-9-6-8-4-3-5-10(13(17)18)12(8)11(7-9)14(19)20/h3-7H,2H2,1H3,(H,16,21)(H,17,18)(H,19,20). The predicted octanol–water partition coefficient (Wildman–Crippen LogP) is 2.80. The van der Waals surface area contributed by atoms with E-state index in [0.29, 0.717) is 5.39 Å².